The van der Waals surface area contributed by atoms with Crippen LogP contribution in [0.5, 0.6) is 0 Å². The van der Waals surface area contributed by atoms with Crippen LogP contribution in [0.25, 0.3) is 0 Å². The van der Waals surface area contributed by atoms with Gasteiger partial charge in [-0.3, -0.25) is 9.59 Å². The zero-order valence-electron chi connectivity index (χ0n) is 59.0. The third-order valence-corrected chi connectivity index (χ3v) is 18.6. The molecule has 0 fully saturated rings. The molecule has 0 bridgehead atoms. The standard InChI is InChI=1S/C81H155NO5/c1-3-5-7-9-11-13-15-17-18-19-20-21-22-32-35-38-41-44-47-50-53-57-61-65-69-73-79(84)78(77-83)82-80(85)74-70-66-62-58-54-51-48-45-42-39-36-33-30-28-26-24-23-25-27-29-31-34-37-40-43-46-49-52-56-60-64-68-72-76-87-81(86)75-71-67-63-59-55-16-14-12-10-8-6-4-2/h12,14,27,29,69,73,78-79,83-84H,3-11,13,15-26,28,30-68,70-72,74-77H2,1-2H3,(H,82,85)/b14-12-,29-27-,73-69+. The molecule has 3 N–H and O–H groups in total. The average Bonchev–Trinajstić information content (AvgIpc) is 3.52. The number of carbonyl (C=O) groups is 2. The molecule has 2 unspecified atom stereocenters. The normalized spacial score (nSPS) is 12.6. The van der Waals surface area contributed by atoms with Crippen LogP contribution >= 0.6 is 0 Å². The number of aliphatic hydroxyl groups is 2. The van der Waals surface area contributed by atoms with Gasteiger partial charge in [0.15, 0.2) is 0 Å². The van der Waals surface area contributed by atoms with Crippen molar-refractivity contribution in [2.45, 2.75) is 456 Å². The fourth-order valence-electron chi connectivity index (χ4n) is 12.6. The van der Waals surface area contributed by atoms with Crippen LogP contribution in [0.3, 0.4) is 0 Å². The zero-order chi connectivity index (χ0) is 62.8. The van der Waals surface area contributed by atoms with Gasteiger partial charge in [-0.05, 0) is 83.5 Å². The van der Waals surface area contributed by atoms with E-state index in [0.717, 1.165) is 44.9 Å². The predicted octanol–water partition coefficient (Wildman–Crippen LogP) is 26.2. The quantitative estimate of drug-likeness (QED) is 0.0320. The van der Waals surface area contributed by atoms with Crippen LogP contribution in [0, 0.1) is 0 Å². The summed E-state index contributed by atoms with van der Waals surface area (Å²) >= 11 is 0. The second kappa shape index (κ2) is 76.5. The van der Waals surface area contributed by atoms with Gasteiger partial charge in [0.2, 0.25) is 5.91 Å². The van der Waals surface area contributed by atoms with Gasteiger partial charge in [-0.1, -0.05) is 384 Å². The summed E-state index contributed by atoms with van der Waals surface area (Å²) in [5.41, 5.74) is 0. The van der Waals surface area contributed by atoms with Gasteiger partial charge in [0.25, 0.3) is 0 Å². The van der Waals surface area contributed by atoms with Crippen molar-refractivity contribution in [2.24, 2.45) is 0 Å². The molecule has 0 heterocycles. The van der Waals surface area contributed by atoms with E-state index in [0.29, 0.717) is 19.4 Å². The van der Waals surface area contributed by atoms with E-state index in [1.54, 1.807) is 6.08 Å². The summed E-state index contributed by atoms with van der Waals surface area (Å²) in [7, 11) is 0. The van der Waals surface area contributed by atoms with E-state index in [9.17, 15) is 19.8 Å². The molecule has 0 saturated carbocycles. The number of amides is 1. The Kier molecular flexibility index (Phi) is 74.8. The first-order valence-corrected chi connectivity index (χ1v) is 39.8. The van der Waals surface area contributed by atoms with Gasteiger partial charge in [0.05, 0.1) is 25.4 Å². The van der Waals surface area contributed by atoms with Crippen molar-refractivity contribution in [3.8, 4) is 0 Å². The highest BCUT2D eigenvalue weighted by atomic mass is 16.5. The highest BCUT2D eigenvalue weighted by Crippen LogP contribution is 2.20. The third kappa shape index (κ3) is 73.0. The number of aliphatic hydroxyl groups excluding tert-OH is 2. The largest absolute Gasteiger partial charge is 0.466 e. The monoisotopic (exact) mass is 1220 g/mol. The Morgan fingerprint density at radius 3 is 0.839 bits per heavy atom. The molecule has 0 radical (unpaired) electrons. The van der Waals surface area contributed by atoms with Gasteiger partial charge in [0, 0.05) is 12.8 Å². The van der Waals surface area contributed by atoms with E-state index in [2.05, 4.69) is 43.5 Å². The Labute approximate surface area is 544 Å². The molecular formula is C81H155NO5. The molecule has 6 heteroatoms. The first-order valence-electron chi connectivity index (χ1n) is 39.8. The number of unbranched alkanes of at least 4 members (excludes halogenated alkanes) is 60. The van der Waals surface area contributed by atoms with E-state index in [-0.39, 0.29) is 18.5 Å². The zero-order valence-corrected chi connectivity index (χ0v) is 59.0. The maximum Gasteiger partial charge on any atom is 0.305 e. The summed E-state index contributed by atoms with van der Waals surface area (Å²) in [6.45, 7) is 4.92. The second-order valence-corrected chi connectivity index (χ2v) is 27.4. The molecule has 87 heavy (non-hydrogen) atoms. The van der Waals surface area contributed by atoms with Gasteiger partial charge < -0.3 is 20.3 Å². The predicted molar refractivity (Wildman–Crippen MR) is 384 cm³/mol. The number of rotatable bonds is 75. The van der Waals surface area contributed by atoms with Crippen molar-refractivity contribution in [1.82, 2.24) is 5.32 Å². The Morgan fingerprint density at radius 2 is 0.540 bits per heavy atom. The number of esters is 1. The SMILES string of the molecule is CCCCC/C=C\CCCCCCCC(=O)OCCCCCCCCCCCCCC/C=C\CCCCCCCCCCCCCCCCCCCC(=O)NC(CO)C(O)/C=C/CCCCCCCCCCCCCCCCCCCCCCCCC. The summed E-state index contributed by atoms with van der Waals surface area (Å²) in [6.07, 6.45) is 99.9. The van der Waals surface area contributed by atoms with Crippen LogP contribution < -0.4 is 5.32 Å². The van der Waals surface area contributed by atoms with Crippen molar-refractivity contribution in [3.05, 3.63) is 36.5 Å². The van der Waals surface area contributed by atoms with Crippen LogP contribution in [0.15, 0.2) is 36.5 Å². The number of allylic oxidation sites excluding steroid dienone is 5. The minimum atomic E-state index is -0.844. The smallest absolute Gasteiger partial charge is 0.305 e. The van der Waals surface area contributed by atoms with Gasteiger partial charge >= 0.3 is 5.97 Å². The number of nitrogens with one attached hydrogen (secondary N) is 1. The summed E-state index contributed by atoms with van der Waals surface area (Å²) < 4.78 is 5.48. The highest BCUT2D eigenvalue weighted by Gasteiger charge is 2.18. The van der Waals surface area contributed by atoms with Crippen LogP contribution in [-0.2, 0) is 14.3 Å². The van der Waals surface area contributed by atoms with E-state index in [1.165, 1.54) is 372 Å². The molecule has 0 aliphatic rings. The molecule has 0 aromatic rings. The Balaban J connectivity index is 3.38. The molecule has 2 atom stereocenters. The van der Waals surface area contributed by atoms with E-state index >= 15 is 0 Å². The van der Waals surface area contributed by atoms with Gasteiger partial charge in [-0.2, -0.15) is 0 Å². The summed E-state index contributed by atoms with van der Waals surface area (Å²) in [4.78, 5) is 24.6. The first kappa shape index (κ1) is 85.1. The number of carbonyl (C=O) groups excluding carboxylic acids is 2. The molecule has 0 aliphatic heterocycles. The van der Waals surface area contributed by atoms with Crippen LogP contribution in [-0.4, -0.2) is 47.4 Å². The Hall–Kier alpha value is -1.92. The summed E-state index contributed by atoms with van der Waals surface area (Å²) in [5, 5.41) is 23.3. The number of hydrogen-bond acceptors (Lipinski definition) is 5. The molecule has 0 aliphatic carbocycles. The van der Waals surface area contributed by atoms with Crippen molar-refractivity contribution >= 4 is 11.9 Å². The summed E-state index contributed by atoms with van der Waals surface area (Å²) in [6, 6.07) is -0.627. The molecule has 6 nitrogen and oxygen atoms in total. The van der Waals surface area contributed by atoms with Crippen molar-refractivity contribution in [2.75, 3.05) is 13.2 Å². The molecule has 0 spiro atoms. The van der Waals surface area contributed by atoms with E-state index < -0.39 is 12.1 Å². The highest BCUT2D eigenvalue weighted by molar-refractivity contribution is 5.76. The first-order chi connectivity index (χ1) is 43.0. The molecule has 1 amide bonds. The fraction of sp³-hybridized carbons (Fsp3) is 0.901. The molecule has 514 valence electrons. The summed E-state index contributed by atoms with van der Waals surface area (Å²) in [5.74, 6) is -0.0509. The lowest BCUT2D eigenvalue weighted by molar-refractivity contribution is -0.143. The lowest BCUT2D eigenvalue weighted by atomic mass is 10.0. The second-order valence-electron chi connectivity index (χ2n) is 27.4. The van der Waals surface area contributed by atoms with Crippen LogP contribution in [0.1, 0.15) is 444 Å². The topological polar surface area (TPSA) is 95.9 Å². The fourth-order valence-corrected chi connectivity index (χ4v) is 12.6. The lowest BCUT2D eigenvalue weighted by Gasteiger charge is -2.20. The molecule has 0 rings (SSSR count). The van der Waals surface area contributed by atoms with E-state index in [1.807, 2.05) is 6.08 Å². The minimum Gasteiger partial charge on any atom is -0.466 e. The average molecular weight is 1220 g/mol. The lowest BCUT2D eigenvalue weighted by Crippen LogP contribution is -2.45. The van der Waals surface area contributed by atoms with Crippen molar-refractivity contribution in [1.29, 1.82) is 0 Å². The molecular weight excluding hydrogens is 1070 g/mol. The maximum absolute atomic E-state index is 12.6. The Morgan fingerprint density at radius 1 is 0.310 bits per heavy atom. The number of hydrogen-bond donors (Lipinski definition) is 3. The maximum atomic E-state index is 12.6. The molecule has 0 aromatic heterocycles. The minimum absolute atomic E-state index is 0.00891. The number of ether oxygens (including phenoxy) is 1. The van der Waals surface area contributed by atoms with Crippen molar-refractivity contribution in [3.63, 3.8) is 0 Å². The van der Waals surface area contributed by atoms with Crippen LogP contribution in [0.4, 0.5) is 0 Å². The van der Waals surface area contributed by atoms with Crippen molar-refractivity contribution < 1.29 is 24.5 Å². The third-order valence-electron chi connectivity index (χ3n) is 18.6. The van der Waals surface area contributed by atoms with E-state index in [4.69, 9.17) is 4.74 Å². The van der Waals surface area contributed by atoms with Gasteiger partial charge in [0.1, 0.15) is 0 Å². The van der Waals surface area contributed by atoms with Gasteiger partial charge in [-0.15, -0.1) is 0 Å². The Bertz CT molecular complexity index is 1410. The molecule has 0 saturated heterocycles. The van der Waals surface area contributed by atoms with Gasteiger partial charge in [-0.25, -0.2) is 0 Å². The molecule has 0 aromatic carbocycles. The van der Waals surface area contributed by atoms with Crippen LogP contribution in [0.2, 0.25) is 0 Å².